The molecule has 1 amide bonds. The summed E-state index contributed by atoms with van der Waals surface area (Å²) in [5.41, 5.74) is 3.42. The van der Waals surface area contributed by atoms with Gasteiger partial charge in [-0.2, -0.15) is 5.10 Å². The molecular formula is C23H27ClN4O2. The molecule has 0 bridgehead atoms. The number of hydrogen-bond acceptors (Lipinski definition) is 4. The number of ether oxygens (including phenoxy) is 1. The van der Waals surface area contributed by atoms with E-state index in [1.807, 2.05) is 58.2 Å². The van der Waals surface area contributed by atoms with Crippen molar-refractivity contribution in [1.82, 2.24) is 20.0 Å². The predicted octanol–water partition coefficient (Wildman–Crippen LogP) is 3.46. The number of hydrogen-bond donors (Lipinski definition) is 1. The quantitative estimate of drug-likeness (QED) is 0.678. The fourth-order valence-corrected chi connectivity index (χ4v) is 3.61. The van der Waals surface area contributed by atoms with Gasteiger partial charge in [-0.25, -0.2) is 0 Å². The van der Waals surface area contributed by atoms with E-state index in [-0.39, 0.29) is 18.3 Å². The van der Waals surface area contributed by atoms with Crippen molar-refractivity contribution in [3.8, 4) is 17.0 Å². The highest BCUT2D eigenvalue weighted by molar-refractivity contribution is 5.99. The molecule has 0 radical (unpaired) electrons. The van der Waals surface area contributed by atoms with E-state index in [9.17, 15) is 4.79 Å². The number of carbonyl (C=O) groups excluding carboxylic acids is 1. The second kappa shape index (κ2) is 10.3. The van der Waals surface area contributed by atoms with Crippen molar-refractivity contribution >= 4 is 18.3 Å². The molecule has 2 heterocycles. The largest absolute Gasteiger partial charge is 0.497 e. The van der Waals surface area contributed by atoms with Gasteiger partial charge in [0.1, 0.15) is 11.4 Å². The standard InChI is InChI=1S/C23H26N4O2.ClH/c1-29-20-10-8-19(9-11-20)22-21(23(28)26-14-5-12-24-13-15-26)17-27(25-22)16-18-6-3-2-4-7-18;/h2-4,6-11,17,24H,5,12-16H2,1H3;1H. The van der Waals surface area contributed by atoms with Crippen LogP contribution in [0.4, 0.5) is 0 Å². The summed E-state index contributed by atoms with van der Waals surface area (Å²) in [6.07, 6.45) is 2.84. The van der Waals surface area contributed by atoms with Crippen LogP contribution < -0.4 is 10.1 Å². The topological polar surface area (TPSA) is 59.4 Å². The van der Waals surface area contributed by atoms with Gasteiger partial charge in [-0.1, -0.05) is 30.3 Å². The van der Waals surface area contributed by atoms with Crippen LogP contribution in [0.2, 0.25) is 0 Å². The van der Waals surface area contributed by atoms with Crippen LogP contribution in [-0.2, 0) is 6.54 Å². The lowest BCUT2D eigenvalue weighted by molar-refractivity contribution is 0.0767. The van der Waals surface area contributed by atoms with Crippen LogP contribution >= 0.6 is 12.4 Å². The Morgan fingerprint density at radius 2 is 1.83 bits per heavy atom. The fourth-order valence-electron chi connectivity index (χ4n) is 3.61. The summed E-state index contributed by atoms with van der Waals surface area (Å²) >= 11 is 0. The van der Waals surface area contributed by atoms with Crippen LogP contribution in [-0.4, -0.2) is 53.9 Å². The molecule has 4 rings (SSSR count). The Hall–Kier alpha value is -2.83. The summed E-state index contributed by atoms with van der Waals surface area (Å²) in [7, 11) is 1.64. The van der Waals surface area contributed by atoms with E-state index in [2.05, 4.69) is 17.4 Å². The minimum absolute atomic E-state index is 0. The molecule has 1 N–H and O–H groups in total. The van der Waals surface area contributed by atoms with Crippen molar-refractivity contribution in [2.75, 3.05) is 33.3 Å². The highest BCUT2D eigenvalue weighted by Crippen LogP contribution is 2.26. The van der Waals surface area contributed by atoms with E-state index in [4.69, 9.17) is 9.84 Å². The van der Waals surface area contributed by atoms with Gasteiger partial charge in [0.15, 0.2) is 0 Å². The zero-order valence-corrected chi connectivity index (χ0v) is 17.9. The molecule has 0 spiro atoms. The number of amides is 1. The third kappa shape index (κ3) is 5.01. The molecule has 7 heteroatoms. The van der Waals surface area contributed by atoms with Crippen molar-refractivity contribution < 1.29 is 9.53 Å². The first-order chi connectivity index (χ1) is 14.2. The third-order valence-electron chi connectivity index (χ3n) is 5.17. The van der Waals surface area contributed by atoms with E-state index in [1.54, 1.807) is 7.11 Å². The van der Waals surface area contributed by atoms with Crippen LogP contribution in [0.3, 0.4) is 0 Å². The van der Waals surface area contributed by atoms with E-state index in [0.29, 0.717) is 24.3 Å². The summed E-state index contributed by atoms with van der Waals surface area (Å²) in [5.74, 6) is 0.822. The average molecular weight is 427 g/mol. The van der Waals surface area contributed by atoms with Gasteiger partial charge in [-0.05, 0) is 42.8 Å². The van der Waals surface area contributed by atoms with E-state index < -0.39 is 0 Å². The molecular weight excluding hydrogens is 400 g/mol. The maximum Gasteiger partial charge on any atom is 0.257 e. The zero-order chi connectivity index (χ0) is 20.1. The molecule has 1 aliphatic rings. The van der Waals surface area contributed by atoms with Crippen LogP contribution in [0.25, 0.3) is 11.3 Å². The first kappa shape index (κ1) is 21.9. The highest BCUT2D eigenvalue weighted by Gasteiger charge is 2.24. The van der Waals surface area contributed by atoms with Crippen LogP contribution in [0, 0.1) is 0 Å². The van der Waals surface area contributed by atoms with Gasteiger partial charge in [0.2, 0.25) is 0 Å². The smallest absolute Gasteiger partial charge is 0.257 e. The summed E-state index contributed by atoms with van der Waals surface area (Å²) in [5, 5.41) is 8.14. The molecule has 3 aromatic rings. The molecule has 0 aliphatic carbocycles. The molecule has 2 aromatic carbocycles. The number of methoxy groups -OCH3 is 1. The second-order valence-corrected chi connectivity index (χ2v) is 7.20. The number of benzene rings is 2. The molecule has 0 atom stereocenters. The molecule has 1 fully saturated rings. The monoisotopic (exact) mass is 426 g/mol. The van der Waals surface area contributed by atoms with E-state index >= 15 is 0 Å². The molecule has 6 nitrogen and oxygen atoms in total. The Morgan fingerprint density at radius 3 is 2.57 bits per heavy atom. The van der Waals surface area contributed by atoms with Crippen molar-refractivity contribution in [1.29, 1.82) is 0 Å². The van der Waals surface area contributed by atoms with Crippen LogP contribution in [0.15, 0.2) is 60.8 Å². The number of nitrogens with one attached hydrogen (secondary N) is 1. The minimum Gasteiger partial charge on any atom is -0.497 e. The molecule has 0 saturated carbocycles. The molecule has 1 aromatic heterocycles. The maximum atomic E-state index is 13.4. The Morgan fingerprint density at radius 1 is 1.07 bits per heavy atom. The number of carbonyl (C=O) groups is 1. The lowest BCUT2D eigenvalue weighted by Crippen LogP contribution is -2.34. The molecule has 1 saturated heterocycles. The van der Waals surface area contributed by atoms with Gasteiger partial charge in [-0.3, -0.25) is 9.48 Å². The lowest BCUT2D eigenvalue weighted by Gasteiger charge is -2.19. The summed E-state index contributed by atoms with van der Waals surface area (Å²) < 4.78 is 7.13. The Kier molecular flexibility index (Phi) is 7.49. The number of aromatic nitrogens is 2. The summed E-state index contributed by atoms with van der Waals surface area (Å²) in [4.78, 5) is 15.3. The molecule has 30 heavy (non-hydrogen) atoms. The maximum absolute atomic E-state index is 13.4. The van der Waals surface area contributed by atoms with Crippen molar-refractivity contribution in [3.63, 3.8) is 0 Å². The van der Waals surface area contributed by atoms with E-state index in [1.165, 1.54) is 0 Å². The number of halogens is 1. The summed E-state index contributed by atoms with van der Waals surface area (Å²) in [6.45, 7) is 3.87. The lowest BCUT2D eigenvalue weighted by atomic mass is 10.1. The second-order valence-electron chi connectivity index (χ2n) is 7.20. The summed E-state index contributed by atoms with van der Waals surface area (Å²) in [6, 6.07) is 17.9. The molecule has 158 valence electrons. The molecule has 1 aliphatic heterocycles. The average Bonchev–Trinajstić information content (AvgIpc) is 2.99. The van der Waals surface area contributed by atoms with E-state index in [0.717, 1.165) is 42.9 Å². The Bertz CT molecular complexity index is 949. The van der Waals surface area contributed by atoms with Gasteiger partial charge in [0, 0.05) is 31.4 Å². The third-order valence-corrected chi connectivity index (χ3v) is 5.17. The van der Waals surface area contributed by atoms with Gasteiger partial charge in [-0.15, -0.1) is 12.4 Å². The van der Waals surface area contributed by atoms with Crippen LogP contribution in [0.5, 0.6) is 5.75 Å². The Balaban J connectivity index is 0.00000256. The minimum atomic E-state index is 0. The SMILES string of the molecule is COc1ccc(-c2nn(Cc3ccccc3)cc2C(=O)N2CCCNCC2)cc1.Cl. The Labute approximate surface area is 183 Å². The number of nitrogens with zero attached hydrogens (tertiary/aromatic N) is 3. The van der Waals surface area contributed by atoms with Gasteiger partial charge in [0.05, 0.1) is 19.2 Å². The highest BCUT2D eigenvalue weighted by atomic mass is 35.5. The fraction of sp³-hybridized carbons (Fsp3) is 0.304. The molecule has 0 unspecified atom stereocenters. The normalized spacial score (nSPS) is 14.0. The van der Waals surface area contributed by atoms with Crippen molar-refractivity contribution in [2.24, 2.45) is 0 Å². The van der Waals surface area contributed by atoms with Crippen molar-refractivity contribution in [3.05, 3.63) is 71.9 Å². The van der Waals surface area contributed by atoms with Gasteiger partial charge >= 0.3 is 0 Å². The first-order valence-electron chi connectivity index (χ1n) is 10.0. The van der Waals surface area contributed by atoms with Gasteiger partial charge in [0.25, 0.3) is 5.91 Å². The van der Waals surface area contributed by atoms with Crippen molar-refractivity contribution in [2.45, 2.75) is 13.0 Å². The van der Waals surface area contributed by atoms with Crippen LogP contribution in [0.1, 0.15) is 22.3 Å². The first-order valence-corrected chi connectivity index (χ1v) is 10.0. The number of rotatable bonds is 5. The zero-order valence-electron chi connectivity index (χ0n) is 17.1. The predicted molar refractivity (Wildman–Crippen MR) is 120 cm³/mol. The van der Waals surface area contributed by atoms with Gasteiger partial charge < -0.3 is 15.0 Å².